The molecule has 2 heterocycles. The molecule has 0 amide bonds. The minimum Gasteiger partial charge on any atom is -0.507 e. The van der Waals surface area contributed by atoms with E-state index in [0.29, 0.717) is 27.0 Å². The number of nitrogen functional groups attached to an aromatic ring is 1. The molecule has 2 aromatic heterocycles. The number of aromatic nitrogens is 4. The van der Waals surface area contributed by atoms with Gasteiger partial charge >= 0.3 is 0 Å². The summed E-state index contributed by atoms with van der Waals surface area (Å²) in [6.45, 7) is 0. The molecule has 90 valence electrons. The van der Waals surface area contributed by atoms with Crippen molar-refractivity contribution in [2.45, 2.75) is 0 Å². The van der Waals surface area contributed by atoms with Gasteiger partial charge in [-0.1, -0.05) is 6.07 Å². The van der Waals surface area contributed by atoms with Crippen LogP contribution in [0.5, 0.6) is 5.75 Å². The molecule has 0 fully saturated rings. The van der Waals surface area contributed by atoms with E-state index in [-0.39, 0.29) is 5.75 Å². The van der Waals surface area contributed by atoms with Crippen LogP contribution in [0.4, 0.5) is 5.82 Å². The molecule has 1 aromatic carbocycles. The molecule has 0 aliphatic heterocycles. The number of hydrogen-bond donors (Lipinski definition) is 3. The number of hydrogen-bond acceptors (Lipinski definition) is 5. The highest BCUT2D eigenvalue weighted by Crippen LogP contribution is 2.33. The van der Waals surface area contributed by atoms with Gasteiger partial charge in [-0.05, 0) is 28.1 Å². The summed E-state index contributed by atoms with van der Waals surface area (Å²) in [5.41, 5.74) is 7.75. The van der Waals surface area contributed by atoms with E-state index in [0.717, 1.165) is 5.56 Å². The van der Waals surface area contributed by atoms with Gasteiger partial charge in [0.15, 0.2) is 5.65 Å². The zero-order chi connectivity index (χ0) is 12.7. The molecule has 3 rings (SSSR count). The van der Waals surface area contributed by atoms with Gasteiger partial charge in [-0.25, -0.2) is 9.97 Å². The minimum absolute atomic E-state index is 0.138. The number of fused-ring (bicyclic) bond motifs is 1. The van der Waals surface area contributed by atoms with Gasteiger partial charge in [0, 0.05) is 5.56 Å². The molecule has 0 unspecified atom stereocenters. The van der Waals surface area contributed by atoms with Crippen LogP contribution in [0.2, 0.25) is 0 Å². The summed E-state index contributed by atoms with van der Waals surface area (Å²) in [7, 11) is 0. The van der Waals surface area contributed by atoms with Crippen LogP contribution in [-0.2, 0) is 0 Å². The van der Waals surface area contributed by atoms with Crippen LogP contribution in [0.1, 0.15) is 0 Å². The smallest absolute Gasteiger partial charge is 0.161 e. The van der Waals surface area contributed by atoms with Crippen LogP contribution in [0, 0.1) is 0 Å². The van der Waals surface area contributed by atoms with Gasteiger partial charge in [0.2, 0.25) is 0 Å². The van der Waals surface area contributed by atoms with Crippen molar-refractivity contribution in [2.75, 3.05) is 5.73 Å². The highest BCUT2D eigenvalue weighted by atomic mass is 79.9. The summed E-state index contributed by atoms with van der Waals surface area (Å²) in [6, 6.07) is 5.17. The molecular weight excluding hydrogens is 298 g/mol. The molecule has 0 saturated heterocycles. The molecule has 0 saturated carbocycles. The number of rotatable bonds is 1. The van der Waals surface area contributed by atoms with E-state index >= 15 is 0 Å². The lowest BCUT2D eigenvalue weighted by atomic mass is 10.1. The molecule has 0 atom stereocenters. The lowest BCUT2D eigenvalue weighted by molar-refractivity contribution is 0.472. The van der Waals surface area contributed by atoms with E-state index in [1.807, 2.05) is 6.07 Å². The predicted octanol–water partition coefficient (Wildman–Crippen LogP) is 2.07. The predicted molar refractivity (Wildman–Crippen MR) is 70.9 cm³/mol. The summed E-state index contributed by atoms with van der Waals surface area (Å²) >= 11 is 3.23. The average molecular weight is 306 g/mol. The molecule has 6 nitrogen and oxygen atoms in total. The highest BCUT2D eigenvalue weighted by Gasteiger charge is 2.13. The second-order valence-corrected chi connectivity index (χ2v) is 4.58. The van der Waals surface area contributed by atoms with Gasteiger partial charge in [-0.3, -0.25) is 5.10 Å². The Morgan fingerprint density at radius 3 is 2.89 bits per heavy atom. The largest absolute Gasteiger partial charge is 0.507 e. The molecule has 4 N–H and O–H groups in total. The van der Waals surface area contributed by atoms with Crippen molar-refractivity contribution in [2.24, 2.45) is 0 Å². The first kappa shape index (κ1) is 11.0. The quantitative estimate of drug-likeness (QED) is 0.639. The molecule has 0 bridgehead atoms. The summed E-state index contributed by atoms with van der Waals surface area (Å²) in [4.78, 5) is 7.99. The number of aromatic amines is 1. The number of nitrogens with two attached hydrogens (primary N) is 1. The molecule has 0 radical (unpaired) electrons. The SMILES string of the molecule is Nc1ncnc2[nH]nc(-c3ccc(Br)c(O)c3)c12. The lowest BCUT2D eigenvalue weighted by Crippen LogP contribution is -1.92. The van der Waals surface area contributed by atoms with Crippen LogP contribution in [0.3, 0.4) is 0 Å². The number of nitrogens with zero attached hydrogens (tertiary/aromatic N) is 3. The zero-order valence-electron chi connectivity index (χ0n) is 9.05. The third kappa shape index (κ3) is 1.60. The lowest BCUT2D eigenvalue weighted by Gasteiger charge is -2.02. The molecule has 0 aliphatic rings. The second-order valence-electron chi connectivity index (χ2n) is 3.72. The van der Waals surface area contributed by atoms with Crippen molar-refractivity contribution >= 4 is 32.8 Å². The van der Waals surface area contributed by atoms with Gasteiger partial charge in [0.25, 0.3) is 0 Å². The van der Waals surface area contributed by atoms with Gasteiger partial charge in [-0.15, -0.1) is 0 Å². The summed E-state index contributed by atoms with van der Waals surface area (Å²) in [6.07, 6.45) is 1.37. The fourth-order valence-electron chi connectivity index (χ4n) is 1.75. The number of halogens is 1. The molecule has 7 heteroatoms. The van der Waals surface area contributed by atoms with Crippen molar-refractivity contribution in [1.29, 1.82) is 0 Å². The summed E-state index contributed by atoms with van der Waals surface area (Å²) < 4.78 is 0.621. The number of nitrogens with one attached hydrogen (secondary N) is 1. The maximum atomic E-state index is 9.69. The minimum atomic E-state index is 0.138. The molecule has 0 aliphatic carbocycles. The maximum absolute atomic E-state index is 9.69. The van der Waals surface area contributed by atoms with Gasteiger partial charge < -0.3 is 10.8 Å². The maximum Gasteiger partial charge on any atom is 0.161 e. The van der Waals surface area contributed by atoms with Crippen LogP contribution in [0.15, 0.2) is 29.0 Å². The van der Waals surface area contributed by atoms with Crippen molar-refractivity contribution in [3.05, 3.63) is 29.0 Å². The van der Waals surface area contributed by atoms with Crippen molar-refractivity contribution < 1.29 is 5.11 Å². The number of phenolic OH excluding ortho intramolecular Hbond substituents is 1. The first-order valence-electron chi connectivity index (χ1n) is 5.10. The zero-order valence-corrected chi connectivity index (χ0v) is 10.6. The Morgan fingerprint density at radius 2 is 2.11 bits per heavy atom. The van der Waals surface area contributed by atoms with Crippen molar-refractivity contribution in [3.63, 3.8) is 0 Å². The van der Waals surface area contributed by atoms with E-state index in [1.165, 1.54) is 6.33 Å². The molecule has 18 heavy (non-hydrogen) atoms. The fourth-order valence-corrected chi connectivity index (χ4v) is 2.00. The number of phenols is 1. The molecule has 0 spiro atoms. The van der Waals surface area contributed by atoms with E-state index in [4.69, 9.17) is 5.73 Å². The first-order chi connectivity index (χ1) is 8.66. The standard InChI is InChI=1S/C11H8BrN5O/c12-6-2-1-5(3-7(6)18)9-8-10(13)14-4-15-11(8)17-16-9/h1-4,18H,(H3,13,14,15,16,17). The normalized spacial score (nSPS) is 10.9. The Bertz CT molecular complexity index is 739. The fraction of sp³-hybridized carbons (Fsp3) is 0. The van der Waals surface area contributed by atoms with Crippen LogP contribution >= 0.6 is 15.9 Å². The number of benzene rings is 1. The number of aromatic hydroxyl groups is 1. The highest BCUT2D eigenvalue weighted by molar-refractivity contribution is 9.10. The van der Waals surface area contributed by atoms with E-state index < -0.39 is 0 Å². The van der Waals surface area contributed by atoms with Gasteiger partial charge in [0.1, 0.15) is 23.6 Å². The third-order valence-electron chi connectivity index (χ3n) is 2.61. The van der Waals surface area contributed by atoms with Gasteiger partial charge in [-0.2, -0.15) is 5.10 Å². The second kappa shape index (κ2) is 3.95. The Morgan fingerprint density at radius 1 is 1.28 bits per heavy atom. The first-order valence-corrected chi connectivity index (χ1v) is 5.89. The van der Waals surface area contributed by atoms with Crippen LogP contribution in [-0.4, -0.2) is 25.3 Å². The molecular formula is C11H8BrN5O. The molecule has 3 aromatic rings. The van der Waals surface area contributed by atoms with Crippen molar-refractivity contribution in [1.82, 2.24) is 20.2 Å². The Kier molecular flexibility index (Phi) is 2.41. The Hall–Kier alpha value is -2.15. The van der Waals surface area contributed by atoms with Gasteiger partial charge in [0.05, 0.1) is 9.86 Å². The average Bonchev–Trinajstić information content (AvgIpc) is 2.78. The number of anilines is 1. The summed E-state index contributed by atoms with van der Waals surface area (Å²) in [5.74, 6) is 0.491. The van der Waals surface area contributed by atoms with Crippen molar-refractivity contribution in [3.8, 4) is 17.0 Å². The topological polar surface area (TPSA) is 101 Å². The Labute approximate surface area is 110 Å². The summed E-state index contributed by atoms with van der Waals surface area (Å²) in [5, 5.41) is 17.3. The van der Waals surface area contributed by atoms with Crippen LogP contribution < -0.4 is 5.73 Å². The van der Waals surface area contributed by atoms with Crippen LogP contribution in [0.25, 0.3) is 22.3 Å². The van der Waals surface area contributed by atoms with E-state index in [1.54, 1.807) is 12.1 Å². The monoisotopic (exact) mass is 305 g/mol. The van der Waals surface area contributed by atoms with E-state index in [9.17, 15) is 5.11 Å². The Balaban J connectivity index is 2.28. The van der Waals surface area contributed by atoms with E-state index in [2.05, 4.69) is 36.1 Å². The third-order valence-corrected chi connectivity index (χ3v) is 3.28. The number of H-pyrrole nitrogens is 1.